The normalized spacial score (nSPS) is 18.1. The number of hydrogen-bond donors (Lipinski definition) is 0. The maximum Gasteiger partial charge on any atom is 0.255 e. The molecule has 0 spiro atoms. The highest BCUT2D eigenvalue weighted by Gasteiger charge is 2.32. The standard InChI is InChI=1S/C26H34N2O5S/c1-2-33-23-11-9-21(10-12-23)7-8-22-13-15-27(16-14-22)26(29)24-5-3-4-6-25(24)34(30,31)28-17-19-32-20-18-28/h3-6,9-12,22H,2,7-8,13-20H2,1H3. The number of piperidine rings is 1. The number of hydrogen-bond acceptors (Lipinski definition) is 5. The quantitative estimate of drug-likeness (QED) is 0.570. The molecular weight excluding hydrogens is 452 g/mol. The monoisotopic (exact) mass is 486 g/mol. The van der Waals surface area contributed by atoms with Gasteiger partial charge in [-0.05, 0) is 68.4 Å². The van der Waals surface area contributed by atoms with Gasteiger partial charge in [-0.1, -0.05) is 24.3 Å². The Morgan fingerprint density at radius 3 is 2.35 bits per heavy atom. The van der Waals surface area contributed by atoms with Crippen LogP contribution in [0.15, 0.2) is 53.4 Å². The van der Waals surface area contributed by atoms with E-state index in [1.165, 1.54) is 9.87 Å². The van der Waals surface area contributed by atoms with Crippen LogP contribution in [0, 0.1) is 5.92 Å². The van der Waals surface area contributed by atoms with Gasteiger partial charge in [-0.2, -0.15) is 4.31 Å². The molecule has 1 amide bonds. The molecule has 7 nitrogen and oxygen atoms in total. The molecule has 2 saturated heterocycles. The Morgan fingerprint density at radius 2 is 1.68 bits per heavy atom. The van der Waals surface area contributed by atoms with E-state index in [1.807, 2.05) is 19.1 Å². The Labute approximate surface area is 202 Å². The minimum atomic E-state index is -3.74. The van der Waals surface area contributed by atoms with Gasteiger partial charge in [0.15, 0.2) is 0 Å². The van der Waals surface area contributed by atoms with Crippen LogP contribution in [0.2, 0.25) is 0 Å². The maximum atomic E-state index is 13.3. The number of amides is 1. The Balaban J connectivity index is 1.35. The van der Waals surface area contributed by atoms with Crippen molar-refractivity contribution in [2.75, 3.05) is 46.0 Å². The molecule has 0 atom stereocenters. The van der Waals surface area contributed by atoms with Crippen molar-refractivity contribution < 1.29 is 22.7 Å². The summed E-state index contributed by atoms with van der Waals surface area (Å²) in [4.78, 5) is 15.2. The van der Waals surface area contributed by atoms with Crippen LogP contribution in [0.25, 0.3) is 0 Å². The highest BCUT2D eigenvalue weighted by Crippen LogP contribution is 2.27. The van der Waals surface area contributed by atoms with Gasteiger partial charge in [-0.25, -0.2) is 8.42 Å². The number of sulfonamides is 1. The van der Waals surface area contributed by atoms with E-state index in [9.17, 15) is 13.2 Å². The molecule has 0 bridgehead atoms. The molecule has 4 rings (SSSR count). The number of nitrogens with zero attached hydrogens (tertiary/aromatic N) is 2. The number of rotatable bonds is 8. The lowest BCUT2D eigenvalue weighted by molar-refractivity contribution is 0.0680. The zero-order valence-corrected chi connectivity index (χ0v) is 20.6. The summed E-state index contributed by atoms with van der Waals surface area (Å²) in [6.07, 6.45) is 3.95. The van der Waals surface area contributed by atoms with E-state index in [4.69, 9.17) is 9.47 Å². The third-order valence-corrected chi connectivity index (χ3v) is 8.64. The second kappa shape index (κ2) is 11.3. The molecule has 184 valence electrons. The molecule has 2 fully saturated rings. The molecule has 2 aromatic rings. The van der Waals surface area contributed by atoms with Crippen molar-refractivity contribution in [1.82, 2.24) is 9.21 Å². The lowest BCUT2D eigenvalue weighted by Gasteiger charge is -2.33. The molecular formula is C26H34N2O5S. The number of carbonyl (C=O) groups excluding carboxylic acids is 1. The molecule has 0 radical (unpaired) electrons. The Bertz CT molecular complexity index is 1060. The van der Waals surface area contributed by atoms with Crippen LogP contribution in [0.1, 0.15) is 42.1 Å². The zero-order chi connectivity index (χ0) is 24.0. The van der Waals surface area contributed by atoms with E-state index in [1.54, 1.807) is 29.2 Å². The Hall–Kier alpha value is -2.42. The summed E-state index contributed by atoms with van der Waals surface area (Å²) in [5, 5.41) is 0. The third kappa shape index (κ3) is 5.79. The summed E-state index contributed by atoms with van der Waals surface area (Å²) in [7, 11) is -3.74. The Kier molecular flexibility index (Phi) is 8.24. The average Bonchev–Trinajstić information content (AvgIpc) is 2.89. The van der Waals surface area contributed by atoms with Crippen molar-refractivity contribution in [1.29, 1.82) is 0 Å². The van der Waals surface area contributed by atoms with Crippen LogP contribution in [-0.4, -0.2) is 69.5 Å². The van der Waals surface area contributed by atoms with Crippen molar-refractivity contribution in [3.8, 4) is 5.75 Å². The molecule has 34 heavy (non-hydrogen) atoms. The summed E-state index contributed by atoms with van der Waals surface area (Å²) in [5.41, 5.74) is 1.56. The lowest BCUT2D eigenvalue weighted by atomic mass is 9.90. The first-order chi connectivity index (χ1) is 16.5. The number of likely N-dealkylation sites (tertiary alicyclic amines) is 1. The van der Waals surface area contributed by atoms with Gasteiger partial charge in [0, 0.05) is 26.2 Å². The predicted molar refractivity (Wildman–Crippen MR) is 131 cm³/mol. The van der Waals surface area contributed by atoms with Crippen LogP contribution >= 0.6 is 0 Å². The summed E-state index contributed by atoms with van der Waals surface area (Å²) >= 11 is 0. The second-order valence-electron chi connectivity index (χ2n) is 8.86. The number of morpholine rings is 1. The first kappa shape index (κ1) is 24.7. The first-order valence-electron chi connectivity index (χ1n) is 12.2. The molecule has 0 unspecified atom stereocenters. The van der Waals surface area contributed by atoms with E-state index in [-0.39, 0.29) is 16.4 Å². The van der Waals surface area contributed by atoms with Crippen LogP contribution in [0.4, 0.5) is 0 Å². The van der Waals surface area contributed by atoms with Crippen LogP contribution in [0.5, 0.6) is 5.75 Å². The third-order valence-electron chi connectivity index (χ3n) is 6.68. The van der Waals surface area contributed by atoms with Gasteiger partial charge in [0.2, 0.25) is 10.0 Å². The van der Waals surface area contributed by atoms with Gasteiger partial charge in [0.05, 0.1) is 30.3 Å². The molecule has 2 heterocycles. The molecule has 0 saturated carbocycles. The van der Waals surface area contributed by atoms with Crippen molar-refractivity contribution in [3.05, 3.63) is 59.7 Å². The van der Waals surface area contributed by atoms with Gasteiger partial charge in [0.25, 0.3) is 5.91 Å². The summed E-state index contributed by atoms with van der Waals surface area (Å²) in [6.45, 7) is 5.32. The smallest absolute Gasteiger partial charge is 0.255 e. The lowest BCUT2D eigenvalue weighted by Crippen LogP contribution is -2.42. The minimum absolute atomic E-state index is 0.0968. The van der Waals surface area contributed by atoms with E-state index in [2.05, 4.69) is 12.1 Å². The van der Waals surface area contributed by atoms with Gasteiger partial charge in [0.1, 0.15) is 5.75 Å². The first-order valence-corrected chi connectivity index (χ1v) is 13.6. The topological polar surface area (TPSA) is 76.2 Å². The number of benzene rings is 2. The van der Waals surface area contributed by atoms with E-state index >= 15 is 0 Å². The van der Waals surface area contributed by atoms with E-state index < -0.39 is 10.0 Å². The fourth-order valence-corrected chi connectivity index (χ4v) is 6.27. The average molecular weight is 487 g/mol. The molecule has 0 N–H and O–H groups in total. The summed E-state index contributed by atoms with van der Waals surface area (Å²) < 4.78 is 38.6. The molecule has 2 aromatic carbocycles. The van der Waals surface area contributed by atoms with Crippen LogP contribution in [-0.2, 0) is 21.2 Å². The van der Waals surface area contributed by atoms with Crippen molar-refractivity contribution in [3.63, 3.8) is 0 Å². The number of ether oxygens (including phenoxy) is 2. The summed E-state index contributed by atoms with van der Waals surface area (Å²) in [6, 6.07) is 14.9. The van der Waals surface area contributed by atoms with E-state index in [0.29, 0.717) is 51.9 Å². The molecule has 0 aromatic heterocycles. The van der Waals surface area contributed by atoms with Crippen molar-refractivity contribution in [2.45, 2.75) is 37.5 Å². The number of carbonyl (C=O) groups is 1. The highest BCUT2D eigenvalue weighted by molar-refractivity contribution is 7.89. The SMILES string of the molecule is CCOc1ccc(CCC2CCN(C(=O)c3ccccc3S(=O)(=O)N3CCOCC3)CC2)cc1. The Morgan fingerprint density at radius 1 is 1.00 bits per heavy atom. The van der Waals surface area contributed by atoms with Gasteiger partial charge < -0.3 is 14.4 Å². The van der Waals surface area contributed by atoms with Crippen molar-refractivity contribution in [2.24, 2.45) is 5.92 Å². The van der Waals surface area contributed by atoms with Gasteiger partial charge in [-0.15, -0.1) is 0 Å². The fraction of sp³-hybridized carbons (Fsp3) is 0.500. The van der Waals surface area contributed by atoms with Crippen LogP contribution < -0.4 is 4.74 Å². The number of aryl methyl sites for hydroxylation is 1. The second-order valence-corrected chi connectivity index (χ2v) is 10.8. The minimum Gasteiger partial charge on any atom is -0.494 e. The van der Waals surface area contributed by atoms with E-state index in [0.717, 1.165) is 31.4 Å². The summed E-state index contributed by atoms with van der Waals surface area (Å²) in [5.74, 6) is 1.26. The largest absolute Gasteiger partial charge is 0.494 e. The fourth-order valence-electron chi connectivity index (χ4n) is 4.68. The zero-order valence-electron chi connectivity index (χ0n) is 19.8. The highest BCUT2D eigenvalue weighted by atomic mass is 32.2. The van der Waals surface area contributed by atoms with Gasteiger partial charge >= 0.3 is 0 Å². The van der Waals surface area contributed by atoms with Gasteiger partial charge in [-0.3, -0.25) is 4.79 Å². The van der Waals surface area contributed by atoms with Crippen LogP contribution in [0.3, 0.4) is 0 Å². The maximum absolute atomic E-state index is 13.3. The molecule has 2 aliphatic heterocycles. The molecule has 0 aliphatic carbocycles. The predicted octanol–water partition coefficient (Wildman–Crippen LogP) is 3.59. The van der Waals surface area contributed by atoms with Crippen molar-refractivity contribution >= 4 is 15.9 Å². The molecule has 8 heteroatoms. The molecule has 2 aliphatic rings.